The standard InChI is InChI=1S/C20H20N2O3/c1-12-5-6-13(2)18(9-12)21-20(24)17-11-22(14(3)23)19-8-7-15(25-4)10-16(17)19/h5-11H,1-4H3,(H,21,24). The molecule has 0 fully saturated rings. The second kappa shape index (κ2) is 6.43. The van der Waals surface area contributed by atoms with Crippen molar-refractivity contribution in [1.82, 2.24) is 4.57 Å². The number of methoxy groups -OCH3 is 1. The fourth-order valence-corrected chi connectivity index (χ4v) is 2.84. The van der Waals surface area contributed by atoms with E-state index in [9.17, 15) is 9.59 Å². The van der Waals surface area contributed by atoms with E-state index >= 15 is 0 Å². The van der Waals surface area contributed by atoms with Crippen LogP contribution in [0.1, 0.15) is 33.2 Å². The SMILES string of the molecule is COc1ccc2c(c1)c(C(=O)Nc1cc(C)ccc1C)cn2C(C)=O. The smallest absolute Gasteiger partial charge is 0.257 e. The summed E-state index contributed by atoms with van der Waals surface area (Å²) in [5.41, 5.74) is 3.92. The van der Waals surface area contributed by atoms with Crippen LogP contribution >= 0.6 is 0 Å². The molecule has 0 aliphatic carbocycles. The average Bonchev–Trinajstić information content (AvgIpc) is 2.97. The monoisotopic (exact) mass is 336 g/mol. The minimum Gasteiger partial charge on any atom is -0.497 e. The fraction of sp³-hybridized carbons (Fsp3) is 0.200. The van der Waals surface area contributed by atoms with Gasteiger partial charge in [-0.15, -0.1) is 0 Å². The van der Waals surface area contributed by atoms with E-state index in [4.69, 9.17) is 4.74 Å². The Balaban J connectivity index is 2.09. The van der Waals surface area contributed by atoms with Crippen molar-refractivity contribution in [3.05, 3.63) is 59.3 Å². The summed E-state index contributed by atoms with van der Waals surface area (Å²) in [5.74, 6) is 0.225. The van der Waals surface area contributed by atoms with E-state index in [1.165, 1.54) is 11.5 Å². The van der Waals surface area contributed by atoms with Crippen LogP contribution in [0.15, 0.2) is 42.6 Å². The van der Waals surface area contributed by atoms with Gasteiger partial charge in [0.15, 0.2) is 0 Å². The minimum absolute atomic E-state index is 0.152. The van der Waals surface area contributed by atoms with Crippen molar-refractivity contribution in [3.63, 3.8) is 0 Å². The molecule has 0 spiro atoms. The highest BCUT2D eigenvalue weighted by molar-refractivity contribution is 6.14. The molecular weight excluding hydrogens is 316 g/mol. The third-order valence-electron chi connectivity index (χ3n) is 4.24. The van der Waals surface area contributed by atoms with E-state index in [0.717, 1.165) is 16.8 Å². The Morgan fingerprint density at radius 2 is 1.84 bits per heavy atom. The van der Waals surface area contributed by atoms with Crippen molar-refractivity contribution in [2.45, 2.75) is 20.8 Å². The van der Waals surface area contributed by atoms with Crippen LogP contribution in [0.25, 0.3) is 10.9 Å². The number of hydrogen-bond donors (Lipinski definition) is 1. The number of nitrogens with one attached hydrogen (secondary N) is 1. The molecule has 0 aliphatic rings. The maximum atomic E-state index is 12.9. The number of ether oxygens (including phenoxy) is 1. The van der Waals surface area contributed by atoms with Gasteiger partial charge in [0, 0.05) is 24.2 Å². The summed E-state index contributed by atoms with van der Waals surface area (Å²) in [6, 6.07) is 11.2. The zero-order valence-corrected chi connectivity index (χ0v) is 14.7. The Morgan fingerprint density at radius 1 is 1.08 bits per heavy atom. The Labute approximate surface area is 146 Å². The number of rotatable bonds is 3. The number of aromatic nitrogens is 1. The number of benzene rings is 2. The Kier molecular flexibility index (Phi) is 4.31. The molecule has 1 amide bonds. The quantitative estimate of drug-likeness (QED) is 0.780. The van der Waals surface area contributed by atoms with Gasteiger partial charge in [-0.25, -0.2) is 0 Å². The van der Waals surface area contributed by atoms with Crippen LogP contribution in [0.4, 0.5) is 5.69 Å². The van der Waals surface area contributed by atoms with E-state index in [2.05, 4.69) is 5.32 Å². The highest BCUT2D eigenvalue weighted by Crippen LogP contribution is 2.27. The lowest BCUT2D eigenvalue weighted by Crippen LogP contribution is -2.13. The van der Waals surface area contributed by atoms with E-state index in [-0.39, 0.29) is 11.8 Å². The lowest BCUT2D eigenvalue weighted by Gasteiger charge is -2.09. The van der Waals surface area contributed by atoms with Gasteiger partial charge < -0.3 is 10.1 Å². The maximum absolute atomic E-state index is 12.9. The van der Waals surface area contributed by atoms with Gasteiger partial charge in [-0.3, -0.25) is 14.2 Å². The van der Waals surface area contributed by atoms with Gasteiger partial charge in [0.1, 0.15) is 5.75 Å². The first-order valence-electron chi connectivity index (χ1n) is 7.99. The molecule has 1 heterocycles. The first-order valence-corrected chi connectivity index (χ1v) is 7.99. The van der Waals surface area contributed by atoms with Crippen LogP contribution in [0.5, 0.6) is 5.75 Å². The second-order valence-corrected chi connectivity index (χ2v) is 6.09. The topological polar surface area (TPSA) is 60.3 Å². The van der Waals surface area contributed by atoms with Crippen LogP contribution < -0.4 is 10.1 Å². The van der Waals surface area contributed by atoms with Gasteiger partial charge in [0.2, 0.25) is 5.91 Å². The first kappa shape index (κ1) is 16.8. The maximum Gasteiger partial charge on any atom is 0.257 e. The summed E-state index contributed by atoms with van der Waals surface area (Å²) in [5, 5.41) is 3.62. The van der Waals surface area contributed by atoms with E-state index < -0.39 is 0 Å². The summed E-state index contributed by atoms with van der Waals surface area (Å²) < 4.78 is 6.73. The molecule has 0 unspecified atom stereocenters. The molecule has 0 saturated heterocycles. The molecule has 0 saturated carbocycles. The summed E-state index contributed by atoms with van der Waals surface area (Å²) in [7, 11) is 1.57. The molecule has 0 bridgehead atoms. The Hall–Kier alpha value is -3.08. The number of anilines is 1. The number of hydrogen-bond acceptors (Lipinski definition) is 3. The summed E-state index contributed by atoms with van der Waals surface area (Å²) in [4.78, 5) is 24.8. The molecule has 0 atom stereocenters. The minimum atomic E-state index is -0.257. The zero-order valence-electron chi connectivity index (χ0n) is 14.7. The second-order valence-electron chi connectivity index (χ2n) is 6.09. The fourth-order valence-electron chi connectivity index (χ4n) is 2.84. The van der Waals surface area contributed by atoms with Gasteiger partial charge in [0.25, 0.3) is 5.91 Å². The molecule has 2 aromatic carbocycles. The molecule has 1 N–H and O–H groups in total. The highest BCUT2D eigenvalue weighted by Gasteiger charge is 2.18. The van der Waals surface area contributed by atoms with Gasteiger partial charge in [0.05, 0.1) is 18.2 Å². The molecular formula is C20H20N2O3. The van der Waals surface area contributed by atoms with Gasteiger partial charge >= 0.3 is 0 Å². The molecule has 0 aliphatic heterocycles. The van der Waals surface area contributed by atoms with Gasteiger partial charge in [-0.1, -0.05) is 12.1 Å². The van der Waals surface area contributed by atoms with E-state index in [0.29, 0.717) is 22.2 Å². The number of amides is 1. The number of carbonyl (C=O) groups is 2. The van der Waals surface area contributed by atoms with Crippen LogP contribution in [-0.2, 0) is 0 Å². The molecule has 1 aromatic heterocycles. The Morgan fingerprint density at radius 3 is 2.52 bits per heavy atom. The largest absolute Gasteiger partial charge is 0.497 e. The molecule has 3 rings (SSSR count). The van der Waals surface area contributed by atoms with Crippen LogP contribution in [-0.4, -0.2) is 23.5 Å². The summed E-state index contributed by atoms with van der Waals surface area (Å²) in [6.07, 6.45) is 1.58. The van der Waals surface area contributed by atoms with Crippen molar-refractivity contribution in [3.8, 4) is 5.75 Å². The molecule has 0 radical (unpaired) electrons. The van der Waals surface area contributed by atoms with Crippen LogP contribution in [0.3, 0.4) is 0 Å². The first-order chi connectivity index (χ1) is 11.9. The lowest BCUT2D eigenvalue weighted by atomic mass is 10.1. The molecule has 128 valence electrons. The third-order valence-corrected chi connectivity index (χ3v) is 4.24. The Bertz CT molecular complexity index is 986. The summed E-state index contributed by atoms with van der Waals surface area (Å²) in [6.45, 7) is 5.38. The lowest BCUT2D eigenvalue weighted by molar-refractivity contribution is 0.0941. The highest BCUT2D eigenvalue weighted by atomic mass is 16.5. The normalized spacial score (nSPS) is 10.7. The van der Waals surface area contributed by atoms with Gasteiger partial charge in [-0.2, -0.15) is 0 Å². The van der Waals surface area contributed by atoms with Crippen LogP contribution in [0, 0.1) is 13.8 Å². The van der Waals surface area contributed by atoms with Crippen molar-refractivity contribution >= 4 is 28.4 Å². The number of carbonyl (C=O) groups excluding carboxylic acids is 2. The van der Waals surface area contributed by atoms with E-state index in [1.54, 1.807) is 31.5 Å². The molecule has 3 aromatic rings. The summed E-state index contributed by atoms with van der Waals surface area (Å²) >= 11 is 0. The van der Waals surface area contributed by atoms with Crippen molar-refractivity contribution in [2.75, 3.05) is 12.4 Å². The number of aryl methyl sites for hydroxylation is 2. The third kappa shape index (κ3) is 3.13. The molecule has 25 heavy (non-hydrogen) atoms. The van der Waals surface area contributed by atoms with Gasteiger partial charge in [-0.05, 0) is 49.2 Å². The molecule has 5 heteroatoms. The predicted molar refractivity (Wildman–Crippen MR) is 98.7 cm³/mol. The van der Waals surface area contributed by atoms with Crippen molar-refractivity contribution in [1.29, 1.82) is 0 Å². The number of nitrogens with zero attached hydrogens (tertiary/aromatic N) is 1. The predicted octanol–water partition coefficient (Wildman–Crippen LogP) is 4.18. The average molecular weight is 336 g/mol. The van der Waals surface area contributed by atoms with E-state index in [1.807, 2.05) is 32.0 Å². The number of fused-ring (bicyclic) bond motifs is 1. The van der Waals surface area contributed by atoms with Crippen molar-refractivity contribution in [2.24, 2.45) is 0 Å². The van der Waals surface area contributed by atoms with Crippen molar-refractivity contribution < 1.29 is 14.3 Å². The molecule has 5 nitrogen and oxygen atoms in total. The zero-order chi connectivity index (χ0) is 18.1. The van der Waals surface area contributed by atoms with Crippen LogP contribution in [0.2, 0.25) is 0 Å².